The van der Waals surface area contributed by atoms with Crippen molar-refractivity contribution in [2.75, 3.05) is 6.54 Å². The van der Waals surface area contributed by atoms with Gasteiger partial charge in [-0.2, -0.15) is 0 Å². The predicted octanol–water partition coefficient (Wildman–Crippen LogP) is 1.99. The van der Waals surface area contributed by atoms with Crippen LogP contribution in [0.5, 0.6) is 0 Å². The van der Waals surface area contributed by atoms with Gasteiger partial charge in [-0.15, -0.1) is 0 Å². The summed E-state index contributed by atoms with van der Waals surface area (Å²) in [6, 6.07) is 12.4. The highest BCUT2D eigenvalue weighted by atomic mass is 16.2. The molecule has 1 aromatic carbocycles. The first-order valence-electron chi connectivity index (χ1n) is 9.10. The van der Waals surface area contributed by atoms with E-state index in [0.29, 0.717) is 12.5 Å². The Morgan fingerprint density at radius 1 is 1.08 bits per heavy atom. The van der Waals surface area contributed by atoms with Crippen molar-refractivity contribution in [3.8, 4) is 0 Å². The second-order valence-corrected chi connectivity index (χ2v) is 7.49. The third kappa shape index (κ3) is 2.41. The second-order valence-electron chi connectivity index (χ2n) is 7.49. The van der Waals surface area contributed by atoms with Crippen molar-refractivity contribution in [2.24, 2.45) is 20.0 Å². The van der Waals surface area contributed by atoms with E-state index < -0.39 is 0 Å². The molecule has 1 aromatic heterocycles. The summed E-state index contributed by atoms with van der Waals surface area (Å²) in [4.78, 5) is 26.8. The van der Waals surface area contributed by atoms with Gasteiger partial charge in [-0.1, -0.05) is 43.2 Å². The summed E-state index contributed by atoms with van der Waals surface area (Å²) in [5.41, 5.74) is 1.76. The van der Waals surface area contributed by atoms with Crippen LogP contribution in [0.3, 0.4) is 0 Å². The Kier molecular flexibility index (Phi) is 3.91. The lowest BCUT2D eigenvalue weighted by molar-refractivity contribution is -0.122. The Labute approximate surface area is 147 Å². The zero-order valence-corrected chi connectivity index (χ0v) is 14.9. The number of benzene rings is 1. The SMILES string of the molecule is Cn1c(CN2CC3CCCCC32c2ccccc2)cc(=O)n(C)c1=O. The maximum absolute atomic E-state index is 12.2. The highest BCUT2D eigenvalue weighted by Gasteiger charge is 2.54. The summed E-state index contributed by atoms with van der Waals surface area (Å²) >= 11 is 0. The fraction of sp³-hybridized carbons (Fsp3) is 0.500. The van der Waals surface area contributed by atoms with E-state index in [1.807, 2.05) is 0 Å². The highest BCUT2D eigenvalue weighted by Crippen LogP contribution is 2.54. The molecule has 2 aromatic rings. The largest absolute Gasteiger partial charge is 0.330 e. The van der Waals surface area contributed by atoms with E-state index in [-0.39, 0.29) is 16.8 Å². The van der Waals surface area contributed by atoms with Crippen LogP contribution in [0.2, 0.25) is 0 Å². The molecule has 2 unspecified atom stereocenters. The van der Waals surface area contributed by atoms with Crippen LogP contribution in [-0.2, 0) is 26.2 Å². The first-order chi connectivity index (χ1) is 12.0. The summed E-state index contributed by atoms with van der Waals surface area (Å²) in [5.74, 6) is 0.673. The third-order valence-corrected chi connectivity index (χ3v) is 6.29. The van der Waals surface area contributed by atoms with Crippen LogP contribution in [0.1, 0.15) is 36.9 Å². The zero-order chi connectivity index (χ0) is 17.6. The Bertz CT molecular complexity index is 899. The summed E-state index contributed by atoms with van der Waals surface area (Å²) in [6.07, 6.45) is 4.95. The van der Waals surface area contributed by atoms with Gasteiger partial charge in [0.2, 0.25) is 0 Å². The molecule has 1 aliphatic heterocycles. The molecule has 4 rings (SSSR count). The topological polar surface area (TPSA) is 47.2 Å². The van der Waals surface area contributed by atoms with Gasteiger partial charge in [0.05, 0.1) is 5.54 Å². The number of likely N-dealkylation sites (tertiary alicyclic amines) is 1. The summed E-state index contributed by atoms with van der Waals surface area (Å²) in [6.45, 7) is 1.69. The highest BCUT2D eigenvalue weighted by molar-refractivity contribution is 5.30. The minimum Gasteiger partial charge on any atom is -0.299 e. The Morgan fingerprint density at radius 3 is 2.56 bits per heavy atom. The lowest BCUT2D eigenvalue weighted by Crippen LogP contribution is -2.65. The van der Waals surface area contributed by atoms with Crippen molar-refractivity contribution < 1.29 is 0 Å². The minimum absolute atomic E-state index is 0.0661. The zero-order valence-electron chi connectivity index (χ0n) is 14.9. The summed E-state index contributed by atoms with van der Waals surface area (Å²) in [7, 11) is 3.28. The number of fused-ring (bicyclic) bond motifs is 1. The van der Waals surface area contributed by atoms with Gasteiger partial charge in [0.1, 0.15) is 0 Å². The van der Waals surface area contributed by atoms with Crippen molar-refractivity contribution in [1.29, 1.82) is 0 Å². The molecule has 2 heterocycles. The lowest BCUT2D eigenvalue weighted by Gasteiger charge is -2.62. The molecule has 1 saturated heterocycles. The maximum Gasteiger partial charge on any atom is 0.330 e. The van der Waals surface area contributed by atoms with Gasteiger partial charge >= 0.3 is 5.69 Å². The van der Waals surface area contributed by atoms with Gasteiger partial charge in [0.25, 0.3) is 5.56 Å². The Balaban J connectivity index is 1.72. The third-order valence-electron chi connectivity index (χ3n) is 6.29. The van der Waals surface area contributed by atoms with E-state index in [1.54, 1.807) is 17.7 Å². The molecule has 2 fully saturated rings. The quantitative estimate of drug-likeness (QED) is 0.859. The smallest absolute Gasteiger partial charge is 0.299 e. The van der Waals surface area contributed by atoms with E-state index in [1.165, 1.54) is 31.9 Å². The van der Waals surface area contributed by atoms with Crippen molar-refractivity contribution in [3.05, 3.63) is 68.5 Å². The van der Waals surface area contributed by atoms with Gasteiger partial charge in [-0.05, 0) is 24.3 Å². The molecule has 0 bridgehead atoms. The average molecular weight is 339 g/mol. The number of hydrogen-bond donors (Lipinski definition) is 0. The number of hydrogen-bond acceptors (Lipinski definition) is 3. The van der Waals surface area contributed by atoms with E-state index in [4.69, 9.17) is 0 Å². The van der Waals surface area contributed by atoms with Crippen molar-refractivity contribution in [2.45, 2.75) is 37.8 Å². The van der Waals surface area contributed by atoms with Gasteiger partial charge in [-0.3, -0.25) is 18.8 Å². The average Bonchev–Trinajstić information content (AvgIpc) is 2.62. The molecule has 1 saturated carbocycles. The van der Waals surface area contributed by atoms with Crippen LogP contribution in [0, 0.1) is 5.92 Å². The van der Waals surface area contributed by atoms with Gasteiger partial charge in [0, 0.05) is 38.9 Å². The monoisotopic (exact) mass is 339 g/mol. The number of aromatic nitrogens is 2. The standard InChI is InChI=1S/C20H25N3O2/c1-21-17(12-18(24)22(2)19(21)25)14-23-13-16-10-6-7-11-20(16,23)15-8-4-3-5-9-15/h3-5,8-9,12,16H,6-7,10-11,13-14H2,1-2H3. The Hall–Kier alpha value is -2.14. The van der Waals surface area contributed by atoms with Gasteiger partial charge in [0.15, 0.2) is 0 Å². The van der Waals surface area contributed by atoms with Crippen molar-refractivity contribution in [1.82, 2.24) is 14.0 Å². The number of rotatable bonds is 3. The molecule has 2 aliphatic rings. The minimum atomic E-state index is -0.253. The van der Waals surface area contributed by atoms with E-state index in [0.717, 1.165) is 23.2 Å². The molecule has 132 valence electrons. The van der Waals surface area contributed by atoms with Crippen molar-refractivity contribution in [3.63, 3.8) is 0 Å². The molecule has 25 heavy (non-hydrogen) atoms. The molecule has 5 heteroatoms. The van der Waals surface area contributed by atoms with Crippen LogP contribution in [0.25, 0.3) is 0 Å². The molecule has 2 atom stereocenters. The molecule has 0 amide bonds. The summed E-state index contributed by atoms with van der Waals surface area (Å²) in [5, 5.41) is 0. The van der Waals surface area contributed by atoms with Crippen LogP contribution in [-0.4, -0.2) is 20.6 Å². The maximum atomic E-state index is 12.2. The first kappa shape index (κ1) is 16.3. The molecular weight excluding hydrogens is 314 g/mol. The van der Waals surface area contributed by atoms with Crippen LogP contribution < -0.4 is 11.2 Å². The van der Waals surface area contributed by atoms with Crippen LogP contribution in [0.4, 0.5) is 0 Å². The molecule has 0 radical (unpaired) electrons. The van der Waals surface area contributed by atoms with E-state index in [2.05, 4.69) is 35.2 Å². The van der Waals surface area contributed by atoms with Gasteiger partial charge in [-0.25, -0.2) is 4.79 Å². The second kappa shape index (κ2) is 5.99. The molecule has 0 N–H and O–H groups in total. The summed E-state index contributed by atoms with van der Waals surface area (Å²) < 4.78 is 2.77. The van der Waals surface area contributed by atoms with Crippen LogP contribution in [0.15, 0.2) is 46.0 Å². The first-order valence-corrected chi connectivity index (χ1v) is 9.10. The molecular formula is C20H25N3O2. The fourth-order valence-corrected chi connectivity index (χ4v) is 4.82. The van der Waals surface area contributed by atoms with Gasteiger partial charge < -0.3 is 0 Å². The fourth-order valence-electron chi connectivity index (χ4n) is 4.82. The molecule has 0 spiro atoms. The lowest BCUT2D eigenvalue weighted by atomic mass is 9.61. The van der Waals surface area contributed by atoms with E-state index in [9.17, 15) is 9.59 Å². The molecule has 1 aliphatic carbocycles. The molecule has 5 nitrogen and oxygen atoms in total. The number of nitrogens with zero attached hydrogens (tertiary/aromatic N) is 3. The van der Waals surface area contributed by atoms with Crippen LogP contribution >= 0.6 is 0 Å². The Morgan fingerprint density at radius 2 is 1.84 bits per heavy atom. The van der Waals surface area contributed by atoms with Crippen molar-refractivity contribution >= 4 is 0 Å². The predicted molar refractivity (Wildman–Crippen MR) is 97.4 cm³/mol. The van der Waals surface area contributed by atoms with E-state index >= 15 is 0 Å². The normalized spacial score (nSPS) is 26.1.